The van der Waals surface area contributed by atoms with E-state index in [9.17, 15) is 24.0 Å². The minimum atomic E-state index is -1.79. The van der Waals surface area contributed by atoms with Crippen molar-refractivity contribution in [3.05, 3.63) is 77.4 Å². The number of ketones is 2. The van der Waals surface area contributed by atoms with E-state index in [4.69, 9.17) is 19.3 Å². The predicted octanol–water partition coefficient (Wildman–Crippen LogP) is 3.73. The van der Waals surface area contributed by atoms with Crippen molar-refractivity contribution in [3.8, 4) is 0 Å². The van der Waals surface area contributed by atoms with Crippen LogP contribution in [0.1, 0.15) is 55.9 Å². The smallest absolute Gasteiger partial charge is 0.417 e. The van der Waals surface area contributed by atoms with Gasteiger partial charge in [0.05, 0.1) is 6.04 Å². The van der Waals surface area contributed by atoms with Crippen molar-refractivity contribution in [2.45, 2.75) is 64.4 Å². The number of carbonyl (C=O) groups excluding carboxylic acids is 5. The fourth-order valence-electron chi connectivity index (χ4n) is 4.68. The van der Waals surface area contributed by atoms with Gasteiger partial charge in [-0.2, -0.15) is 0 Å². The summed E-state index contributed by atoms with van der Waals surface area (Å²) in [5.74, 6) is -3.02. The lowest BCUT2D eigenvalue weighted by Crippen LogP contribution is -2.52. The highest BCUT2D eigenvalue weighted by Gasteiger charge is 2.48. The monoisotopic (exact) mass is 565 g/mol. The zero-order valence-electron chi connectivity index (χ0n) is 23.6. The highest BCUT2D eigenvalue weighted by molar-refractivity contribution is 6.25. The Bertz CT molecular complexity index is 1300. The summed E-state index contributed by atoms with van der Waals surface area (Å²) in [4.78, 5) is 66.2. The molecule has 0 aliphatic carbocycles. The first-order valence-electron chi connectivity index (χ1n) is 13.3. The summed E-state index contributed by atoms with van der Waals surface area (Å²) in [6, 6.07) is 15.1. The first-order valence-corrected chi connectivity index (χ1v) is 13.3. The van der Waals surface area contributed by atoms with Crippen LogP contribution in [0.15, 0.2) is 60.7 Å². The molecule has 0 bridgehead atoms. The Morgan fingerprint density at radius 1 is 1.05 bits per heavy atom. The molecule has 2 aromatic rings. The summed E-state index contributed by atoms with van der Waals surface area (Å²) in [6.07, 6.45) is -3.25. The van der Waals surface area contributed by atoms with Gasteiger partial charge in [0.25, 0.3) is 5.91 Å². The third kappa shape index (κ3) is 7.74. The molecule has 4 atom stereocenters. The Labute approximate surface area is 238 Å². The lowest BCUT2D eigenvalue weighted by atomic mass is 9.94. The van der Waals surface area contributed by atoms with Crippen molar-refractivity contribution in [2.24, 2.45) is 0 Å². The number of benzene rings is 2. The number of amides is 2. The second-order valence-corrected chi connectivity index (χ2v) is 9.78. The van der Waals surface area contributed by atoms with E-state index >= 15 is 0 Å². The summed E-state index contributed by atoms with van der Waals surface area (Å²) < 4.78 is 16.1. The van der Waals surface area contributed by atoms with Gasteiger partial charge >= 0.3 is 12.1 Å². The number of nitrogens with zero attached hydrogens (tertiary/aromatic N) is 1. The van der Waals surface area contributed by atoms with Gasteiger partial charge in [0.2, 0.25) is 0 Å². The molecule has 1 fully saturated rings. The number of carbonyl (C=O) groups is 5. The van der Waals surface area contributed by atoms with E-state index in [1.54, 1.807) is 55.5 Å². The van der Waals surface area contributed by atoms with Gasteiger partial charge in [-0.25, -0.2) is 9.69 Å². The molecule has 10 heteroatoms. The number of esters is 1. The fourth-order valence-corrected chi connectivity index (χ4v) is 4.68. The SMILES string of the molecule is CO[C@H](C(=O)N1C(=O)O[C@H](c2ccccc2)[C@@H]1C)[C@H](OC(C)=O)C(=O)C=C(C(=O)CCCCO)c1cccc(C)c1. The Balaban J connectivity index is 1.96. The van der Waals surface area contributed by atoms with Gasteiger partial charge in [-0.15, -0.1) is 0 Å². The van der Waals surface area contributed by atoms with Crippen LogP contribution in [0.5, 0.6) is 0 Å². The third-order valence-corrected chi connectivity index (χ3v) is 6.71. The van der Waals surface area contributed by atoms with E-state index in [2.05, 4.69) is 0 Å². The van der Waals surface area contributed by atoms with E-state index in [0.29, 0.717) is 24.0 Å². The van der Waals surface area contributed by atoms with Gasteiger partial charge in [0, 0.05) is 32.6 Å². The number of unbranched alkanes of at least 4 members (excludes halogenated alkanes) is 1. The molecule has 0 unspecified atom stereocenters. The minimum Gasteiger partial charge on any atom is -0.451 e. The van der Waals surface area contributed by atoms with Crippen LogP contribution in [0.3, 0.4) is 0 Å². The maximum absolute atomic E-state index is 13.7. The number of hydrogen-bond donors (Lipinski definition) is 1. The first kappa shape index (κ1) is 31.4. The molecule has 1 N–H and O–H groups in total. The van der Waals surface area contributed by atoms with Crippen molar-refractivity contribution in [1.29, 1.82) is 0 Å². The summed E-state index contributed by atoms with van der Waals surface area (Å²) >= 11 is 0. The predicted molar refractivity (Wildman–Crippen MR) is 148 cm³/mol. The van der Waals surface area contributed by atoms with Crippen LogP contribution in [-0.2, 0) is 33.4 Å². The van der Waals surface area contributed by atoms with E-state index in [1.807, 2.05) is 13.0 Å². The van der Waals surface area contributed by atoms with E-state index in [-0.39, 0.29) is 24.4 Å². The normalized spacial score (nSPS) is 18.4. The molecule has 0 saturated carbocycles. The van der Waals surface area contributed by atoms with Crippen LogP contribution < -0.4 is 0 Å². The van der Waals surface area contributed by atoms with Crippen molar-refractivity contribution in [1.82, 2.24) is 4.90 Å². The standard InChI is InChI=1S/C31H35NO9/c1-19-11-10-14-23(17-19)24(25(35)15-8-9-16-33)18-26(36)28(40-21(3)34)29(39-4)30(37)32-20(2)27(41-31(32)38)22-12-6-5-7-13-22/h5-7,10-14,17-18,20,27-29,33H,8-9,15-16H2,1-4H3/t20-,27-,28+,29-/m0/s1. The summed E-state index contributed by atoms with van der Waals surface area (Å²) in [7, 11) is 1.15. The number of ether oxygens (including phenoxy) is 3. The quantitative estimate of drug-likeness (QED) is 0.219. The molecule has 0 aromatic heterocycles. The second-order valence-electron chi connectivity index (χ2n) is 9.78. The molecule has 1 aliphatic rings. The molecular weight excluding hydrogens is 530 g/mol. The van der Waals surface area contributed by atoms with E-state index < -0.39 is 48.1 Å². The third-order valence-electron chi connectivity index (χ3n) is 6.71. The lowest BCUT2D eigenvalue weighted by molar-refractivity contribution is -0.166. The lowest BCUT2D eigenvalue weighted by Gasteiger charge is -2.27. The number of aryl methyl sites for hydroxylation is 1. The number of allylic oxidation sites excluding steroid dienone is 1. The summed E-state index contributed by atoms with van der Waals surface area (Å²) in [5.41, 5.74) is 2.06. The van der Waals surface area contributed by atoms with Gasteiger partial charge in [0.1, 0.15) is 6.10 Å². The molecular formula is C31H35NO9. The van der Waals surface area contributed by atoms with Crippen molar-refractivity contribution < 1.29 is 43.3 Å². The van der Waals surface area contributed by atoms with Crippen molar-refractivity contribution in [2.75, 3.05) is 13.7 Å². The molecule has 0 radical (unpaired) electrons. The van der Waals surface area contributed by atoms with E-state index in [0.717, 1.165) is 30.6 Å². The van der Waals surface area contributed by atoms with Gasteiger partial charge in [-0.05, 0) is 43.9 Å². The molecule has 10 nitrogen and oxygen atoms in total. The molecule has 3 rings (SSSR count). The van der Waals surface area contributed by atoms with Crippen LogP contribution in [-0.4, -0.2) is 71.5 Å². The molecule has 1 heterocycles. The van der Waals surface area contributed by atoms with Crippen LogP contribution in [0.4, 0.5) is 4.79 Å². The van der Waals surface area contributed by atoms with Gasteiger partial charge in [0.15, 0.2) is 23.8 Å². The number of aliphatic hydroxyl groups excluding tert-OH is 1. The number of hydrogen-bond acceptors (Lipinski definition) is 9. The Kier molecular flexibility index (Phi) is 11.1. The zero-order valence-corrected chi connectivity index (χ0v) is 23.6. The van der Waals surface area contributed by atoms with Gasteiger partial charge < -0.3 is 19.3 Å². The topological polar surface area (TPSA) is 137 Å². The second kappa shape index (κ2) is 14.5. The van der Waals surface area contributed by atoms with Crippen LogP contribution in [0.2, 0.25) is 0 Å². The number of Topliss-reactive ketones (excluding diaryl/α,β-unsaturated/α-hetero) is 1. The zero-order chi connectivity index (χ0) is 30.1. The number of methoxy groups -OCH3 is 1. The Morgan fingerprint density at radius 2 is 1.76 bits per heavy atom. The van der Waals surface area contributed by atoms with Crippen molar-refractivity contribution in [3.63, 3.8) is 0 Å². The number of aliphatic hydroxyl groups is 1. The molecule has 218 valence electrons. The average molecular weight is 566 g/mol. The maximum Gasteiger partial charge on any atom is 0.417 e. The highest BCUT2D eigenvalue weighted by atomic mass is 16.6. The average Bonchev–Trinajstić information content (AvgIpc) is 3.25. The Morgan fingerprint density at radius 3 is 2.37 bits per heavy atom. The molecule has 2 aromatic carbocycles. The maximum atomic E-state index is 13.7. The molecule has 1 saturated heterocycles. The number of imide groups is 1. The minimum absolute atomic E-state index is 0.0641. The molecule has 0 spiro atoms. The largest absolute Gasteiger partial charge is 0.451 e. The number of rotatable bonds is 13. The first-order chi connectivity index (χ1) is 19.6. The fraction of sp³-hybridized carbons (Fsp3) is 0.387. The Hall–Kier alpha value is -4.15. The summed E-state index contributed by atoms with van der Waals surface area (Å²) in [6.45, 7) is 4.45. The van der Waals surface area contributed by atoms with Crippen LogP contribution in [0.25, 0.3) is 5.57 Å². The highest BCUT2D eigenvalue weighted by Crippen LogP contribution is 2.33. The molecule has 1 aliphatic heterocycles. The van der Waals surface area contributed by atoms with Gasteiger partial charge in [-0.1, -0.05) is 60.2 Å². The van der Waals surface area contributed by atoms with Crippen molar-refractivity contribution >= 4 is 35.1 Å². The van der Waals surface area contributed by atoms with E-state index in [1.165, 1.54) is 0 Å². The van der Waals surface area contributed by atoms with Crippen LogP contribution >= 0.6 is 0 Å². The molecule has 2 amide bonds. The van der Waals surface area contributed by atoms with Gasteiger partial charge in [-0.3, -0.25) is 19.2 Å². The number of cyclic esters (lactones) is 1. The molecule has 41 heavy (non-hydrogen) atoms. The summed E-state index contributed by atoms with van der Waals surface area (Å²) in [5, 5.41) is 9.11. The van der Waals surface area contributed by atoms with Crippen LogP contribution in [0, 0.1) is 6.92 Å².